The van der Waals surface area contributed by atoms with Gasteiger partial charge in [0.15, 0.2) is 0 Å². The van der Waals surface area contributed by atoms with Crippen LogP contribution in [0.25, 0.3) is 5.52 Å². The van der Waals surface area contributed by atoms with Crippen LogP contribution in [0.4, 0.5) is 5.69 Å². The van der Waals surface area contributed by atoms with Crippen LogP contribution in [-0.4, -0.2) is 16.1 Å². The number of ketones is 1. The van der Waals surface area contributed by atoms with E-state index < -0.39 is 0 Å². The molecule has 2 aromatic carbocycles. The highest BCUT2D eigenvalue weighted by Gasteiger charge is 2.25. The fourth-order valence-electron chi connectivity index (χ4n) is 3.35. The molecule has 0 aliphatic carbocycles. The van der Waals surface area contributed by atoms with Gasteiger partial charge < -0.3 is 9.72 Å². The zero-order chi connectivity index (χ0) is 19.7. The molecule has 0 saturated heterocycles. The molecule has 2 aromatic heterocycles. The van der Waals surface area contributed by atoms with E-state index in [9.17, 15) is 9.59 Å². The van der Waals surface area contributed by atoms with Crippen molar-refractivity contribution in [1.82, 2.24) is 4.40 Å². The predicted molar refractivity (Wildman–Crippen MR) is 111 cm³/mol. The Kier molecular flexibility index (Phi) is 4.72. The van der Waals surface area contributed by atoms with Crippen LogP contribution in [0.3, 0.4) is 0 Å². The minimum atomic E-state index is -0.248. The number of nitrogens with zero attached hydrogens (tertiary/aromatic N) is 1. The van der Waals surface area contributed by atoms with E-state index in [1.165, 1.54) is 0 Å². The van der Waals surface area contributed by atoms with Gasteiger partial charge in [0, 0.05) is 22.5 Å². The Morgan fingerprint density at radius 1 is 0.893 bits per heavy atom. The predicted octanol–water partition coefficient (Wildman–Crippen LogP) is 5.38. The SMILES string of the molecule is Cc1c(C(=O)Nc2ccccc2)c2ccccn2c1C(=O)c1ccc(Cl)cc1. The number of rotatable bonds is 4. The second kappa shape index (κ2) is 7.33. The van der Waals surface area contributed by atoms with Crippen molar-refractivity contribution in [3.05, 3.63) is 106 Å². The zero-order valence-electron chi connectivity index (χ0n) is 15.1. The lowest BCUT2D eigenvalue weighted by atomic mass is 10.0. The molecule has 0 aliphatic heterocycles. The van der Waals surface area contributed by atoms with Crippen molar-refractivity contribution in [2.75, 3.05) is 5.32 Å². The van der Waals surface area contributed by atoms with Crippen molar-refractivity contribution in [3.63, 3.8) is 0 Å². The van der Waals surface area contributed by atoms with Gasteiger partial charge in [-0.15, -0.1) is 0 Å². The van der Waals surface area contributed by atoms with E-state index in [4.69, 9.17) is 11.6 Å². The molecule has 138 valence electrons. The average Bonchev–Trinajstić information content (AvgIpc) is 3.00. The third kappa shape index (κ3) is 3.19. The van der Waals surface area contributed by atoms with Gasteiger partial charge in [-0.2, -0.15) is 0 Å². The molecule has 0 spiro atoms. The monoisotopic (exact) mass is 388 g/mol. The van der Waals surface area contributed by atoms with E-state index in [0.717, 1.165) is 0 Å². The third-order valence-corrected chi connectivity index (χ3v) is 4.92. The fourth-order valence-corrected chi connectivity index (χ4v) is 3.48. The molecular formula is C23H17ClN2O2. The van der Waals surface area contributed by atoms with E-state index in [1.807, 2.05) is 48.5 Å². The molecule has 0 radical (unpaired) electrons. The number of hydrogen-bond acceptors (Lipinski definition) is 2. The van der Waals surface area contributed by atoms with Crippen molar-refractivity contribution in [3.8, 4) is 0 Å². The van der Waals surface area contributed by atoms with E-state index in [2.05, 4.69) is 5.32 Å². The minimum absolute atomic E-state index is 0.158. The number of para-hydroxylation sites is 1. The van der Waals surface area contributed by atoms with E-state index >= 15 is 0 Å². The molecule has 2 heterocycles. The Morgan fingerprint density at radius 3 is 2.29 bits per heavy atom. The van der Waals surface area contributed by atoms with Crippen molar-refractivity contribution in [2.45, 2.75) is 6.92 Å². The summed E-state index contributed by atoms with van der Waals surface area (Å²) in [4.78, 5) is 26.2. The van der Waals surface area contributed by atoms with Gasteiger partial charge in [0.1, 0.15) is 0 Å². The Labute approximate surface area is 167 Å². The maximum atomic E-state index is 13.2. The number of aromatic nitrogens is 1. The summed E-state index contributed by atoms with van der Waals surface area (Å²) < 4.78 is 1.77. The fraction of sp³-hybridized carbons (Fsp3) is 0.0435. The maximum Gasteiger partial charge on any atom is 0.258 e. The first-order valence-corrected chi connectivity index (χ1v) is 9.20. The average molecular weight is 389 g/mol. The molecule has 0 unspecified atom stereocenters. The summed E-state index contributed by atoms with van der Waals surface area (Å²) in [5.74, 6) is -0.406. The van der Waals surface area contributed by atoms with Crippen molar-refractivity contribution >= 4 is 34.5 Å². The van der Waals surface area contributed by atoms with Crippen molar-refractivity contribution < 1.29 is 9.59 Å². The summed E-state index contributed by atoms with van der Waals surface area (Å²) in [5.41, 5.74) is 3.50. The Balaban J connectivity index is 1.83. The molecule has 0 bridgehead atoms. The van der Waals surface area contributed by atoms with Crippen molar-refractivity contribution in [1.29, 1.82) is 0 Å². The highest BCUT2D eigenvalue weighted by Crippen LogP contribution is 2.27. The highest BCUT2D eigenvalue weighted by molar-refractivity contribution is 6.30. The second-order valence-corrected chi connectivity index (χ2v) is 6.90. The molecule has 5 heteroatoms. The smallest absolute Gasteiger partial charge is 0.258 e. The first-order chi connectivity index (χ1) is 13.6. The summed E-state index contributed by atoms with van der Waals surface area (Å²) in [5, 5.41) is 3.48. The molecule has 1 N–H and O–H groups in total. The molecule has 0 aliphatic rings. The van der Waals surface area contributed by atoms with Gasteiger partial charge in [0.2, 0.25) is 5.78 Å². The lowest BCUT2D eigenvalue weighted by Gasteiger charge is -2.05. The number of anilines is 1. The molecule has 28 heavy (non-hydrogen) atoms. The highest BCUT2D eigenvalue weighted by atomic mass is 35.5. The molecule has 0 saturated carbocycles. The summed E-state index contributed by atoms with van der Waals surface area (Å²) >= 11 is 5.94. The Bertz CT molecular complexity index is 1180. The first kappa shape index (κ1) is 18.0. The van der Waals surface area contributed by atoms with Crippen LogP contribution in [0.1, 0.15) is 32.0 Å². The van der Waals surface area contributed by atoms with Gasteiger partial charge in [0.25, 0.3) is 5.91 Å². The molecule has 0 atom stereocenters. The Morgan fingerprint density at radius 2 is 1.57 bits per heavy atom. The molecule has 4 aromatic rings. The van der Waals surface area contributed by atoms with Gasteiger partial charge in [-0.05, 0) is 61.0 Å². The van der Waals surface area contributed by atoms with Gasteiger partial charge in [-0.25, -0.2) is 0 Å². The number of fused-ring (bicyclic) bond motifs is 1. The number of benzene rings is 2. The normalized spacial score (nSPS) is 10.8. The number of halogens is 1. The number of pyridine rings is 1. The number of amides is 1. The number of hydrogen-bond donors (Lipinski definition) is 1. The van der Waals surface area contributed by atoms with Gasteiger partial charge in [-0.3, -0.25) is 9.59 Å². The topological polar surface area (TPSA) is 50.6 Å². The first-order valence-electron chi connectivity index (χ1n) is 8.82. The largest absolute Gasteiger partial charge is 0.322 e. The van der Waals surface area contributed by atoms with Crippen LogP contribution in [0.15, 0.2) is 79.0 Å². The van der Waals surface area contributed by atoms with Crippen molar-refractivity contribution in [2.24, 2.45) is 0 Å². The lowest BCUT2D eigenvalue weighted by molar-refractivity contribution is 0.102. The summed E-state index contributed by atoms with van der Waals surface area (Å²) in [6.45, 7) is 1.80. The van der Waals surface area contributed by atoms with Crippen LogP contribution in [0.2, 0.25) is 5.02 Å². The van der Waals surface area contributed by atoms with Crippen LogP contribution < -0.4 is 5.32 Å². The Hall–Kier alpha value is -3.37. The molecule has 4 rings (SSSR count). The summed E-state index contributed by atoms with van der Waals surface area (Å²) in [6.07, 6.45) is 1.80. The van der Waals surface area contributed by atoms with Crippen LogP contribution in [0, 0.1) is 6.92 Å². The number of carbonyl (C=O) groups excluding carboxylic acids is 2. The van der Waals surface area contributed by atoms with E-state index in [-0.39, 0.29) is 11.7 Å². The molecule has 4 nitrogen and oxygen atoms in total. The second-order valence-electron chi connectivity index (χ2n) is 6.46. The lowest BCUT2D eigenvalue weighted by Crippen LogP contribution is -2.13. The van der Waals surface area contributed by atoms with Gasteiger partial charge >= 0.3 is 0 Å². The minimum Gasteiger partial charge on any atom is -0.322 e. The standard InChI is InChI=1S/C23H17ClN2O2/c1-15-20(23(28)25-18-7-3-2-4-8-18)19-9-5-6-14-26(19)21(15)22(27)16-10-12-17(24)13-11-16/h2-14H,1H3,(H,25,28). The molecule has 1 amide bonds. The quantitative estimate of drug-likeness (QED) is 0.477. The number of carbonyl (C=O) groups is 2. The van der Waals surface area contributed by atoms with Gasteiger partial charge in [-0.1, -0.05) is 35.9 Å². The maximum absolute atomic E-state index is 13.2. The summed E-state index contributed by atoms with van der Waals surface area (Å²) in [6, 6.07) is 21.5. The van der Waals surface area contributed by atoms with Crippen LogP contribution >= 0.6 is 11.6 Å². The van der Waals surface area contributed by atoms with Crippen LogP contribution in [0.5, 0.6) is 0 Å². The third-order valence-electron chi connectivity index (χ3n) is 4.67. The molecule has 0 fully saturated rings. The summed E-state index contributed by atoms with van der Waals surface area (Å²) in [7, 11) is 0. The van der Waals surface area contributed by atoms with E-state index in [1.54, 1.807) is 41.8 Å². The zero-order valence-corrected chi connectivity index (χ0v) is 15.9. The van der Waals surface area contributed by atoms with E-state index in [0.29, 0.717) is 38.6 Å². The van der Waals surface area contributed by atoms with Crippen LogP contribution in [-0.2, 0) is 0 Å². The van der Waals surface area contributed by atoms with Gasteiger partial charge in [0.05, 0.1) is 16.8 Å². The number of nitrogens with one attached hydrogen (secondary N) is 1. The molecular weight excluding hydrogens is 372 g/mol.